The second kappa shape index (κ2) is 10.4. The van der Waals surface area contributed by atoms with Crippen LogP contribution < -0.4 is 19.9 Å². The second-order valence-electron chi connectivity index (χ2n) is 7.86. The molecule has 1 aliphatic heterocycles. The number of rotatable bonds is 5. The fourth-order valence-corrected chi connectivity index (χ4v) is 4.45. The highest BCUT2D eigenvalue weighted by atomic mass is 35.5. The van der Waals surface area contributed by atoms with Crippen LogP contribution in [0, 0.1) is 29.1 Å². The lowest BCUT2D eigenvalue weighted by Gasteiger charge is -2.38. The van der Waals surface area contributed by atoms with Gasteiger partial charge in [-0.05, 0) is 36.4 Å². The van der Waals surface area contributed by atoms with E-state index in [1.807, 2.05) is 0 Å². The lowest BCUT2D eigenvalue weighted by Crippen LogP contribution is -2.47. The van der Waals surface area contributed by atoms with Crippen LogP contribution in [0.2, 0.25) is 10.0 Å². The van der Waals surface area contributed by atoms with Gasteiger partial charge in [-0.15, -0.1) is 0 Å². The summed E-state index contributed by atoms with van der Waals surface area (Å²) in [5.74, 6) is -9.87. The third kappa shape index (κ3) is 4.87. The van der Waals surface area contributed by atoms with Crippen LogP contribution in [0.5, 0.6) is 5.75 Å². The van der Waals surface area contributed by atoms with E-state index in [1.54, 1.807) is 29.2 Å². The molecule has 1 aliphatic rings. The Morgan fingerprint density at radius 1 is 0.806 bits per heavy atom. The first-order chi connectivity index (χ1) is 17.1. The Bertz CT molecular complexity index is 1300. The Balaban J connectivity index is 1.45. The minimum absolute atomic E-state index is 0.00853. The Kier molecular flexibility index (Phi) is 7.46. The van der Waals surface area contributed by atoms with Gasteiger partial charge in [-0.3, -0.25) is 4.79 Å². The molecule has 0 saturated carbocycles. The molecule has 1 N–H and O–H groups in total. The molecule has 5 nitrogen and oxygen atoms in total. The Morgan fingerprint density at radius 3 is 1.94 bits per heavy atom. The topological polar surface area (TPSA) is 44.8 Å². The number of ether oxygens (including phenoxy) is 1. The van der Waals surface area contributed by atoms with E-state index in [9.17, 15) is 26.7 Å². The van der Waals surface area contributed by atoms with Gasteiger partial charge < -0.3 is 19.9 Å². The second-order valence-corrected chi connectivity index (χ2v) is 8.68. The maximum atomic E-state index is 14.2. The molecule has 1 heterocycles. The number of nitrogens with zero attached hydrogens (tertiary/aromatic N) is 2. The first kappa shape index (κ1) is 25.8. The van der Waals surface area contributed by atoms with Crippen LogP contribution in [-0.4, -0.2) is 39.2 Å². The molecule has 1 fully saturated rings. The molecule has 36 heavy (non-hydrogen) atoms. The number of halogens is 7. The van der Waals surface area contributed by atoms with Gasteiger partial charge in [-0.2, -0.15) is 0 Å². The summed E-state index contributed by atoms with van der Waals surface area (Å²) in [6, 6.07) is 9.42. The molecule has 4 rings (SSSR count). The number of hydrogen-bond donors (Lipinski definition) is 1. The Labute approximate surface area is 213 Å². The van der Waals surface area contributed by atoms with Crippen molar-refractivity contribution in [2.24, 2.45) is 0 Å². The SMILES string of the molecule is COc1ccc(C(=O)Nc2ccc(N3CCN(c4c(F)c(F)c(F)c(F)c4F)CC3)c(Cl)c2)cc1Cl. The quantitative estimate of drug-likeness (QED) is 0.233. The van der Waals surface area contributed by atoms with Crippen LogP contribution in [0.1, 0.15) is 10.4 Å². The minimum Gasteiger partial charge on any atom is -0.495 e. The van der Waals surface area contributed by atoms with E-state index in [1.165, 1.54) is 19.2 Å². The number of benzene rings is 3. The van der Waals surface area contributed by atoms with Crippen LogP contribution in [0.4, 0.5) is 39.0 Å². The maximum Gasteiger partial charge on any atom is 0.255 e. The number of carbonyl (C=O) groups excluding carboxylic acids is 1. The van der Waals surface area contributed by atoms with Gasteiger partial charge in [0.2, 0.25) is 5.82 Å². The molecule has 3 aromatic carbocycles. The standard InChI is InChI=1S/C24H18Cl2F5N3O2/c1-36-17-5-2-12(10-15(17)26)24(35)32-13-3-4-16(14(25)11-13)33-6-8-34(9-7-33)23-21(30)19(28)18(27)20(29)22(23)31/h2-5,10-11H,6-9H2,1H3,(H,32,35). The van der Waals surface area contributed by atoms with Crippen molar-refractivity contribution in [3.8, 4) is 5.75 Å². The van der Waals surface area contributed by atoms with Crippen LogP contribution in [0.15, 0.2) is 36.4 Å². The lowest BCUT2D eigenvalue weighted by molar-refractivity contribution is 0.102. The first-order valence-electron chi connectivity index (χ1n) is 10.6. The number of piperazine rings is 1. The summed E-state index contributed by atoms with van der Waals surface area (Å²) < 4.78 is 73.9. The third-order valence-electron chi connectivity index (χ3n) is 5.74. The van der Waals surface area contributed by atoms with Gasteiger partial charge in [0.15, 0.2) is 23.3 Å². The van der Waals surface area contributed by atoms with E-state index < -0.39 is 40.7 Å². The van der Waals surface area contributed by atoms with Gasteiger partial charge in [0.05, 0.1) is 22.8 Å². The minimum atomic E-state index is -2.19. The molecule has 0 unspecified atom stereocenters. The van der Waals surface area contributed by atoms with Crippen molar-refractivity contribution in [2.45, 2.75) is 0 Å². The fraction of sp³-hybridized carbons (Fsp3) is 0.208. The number of nitrogens with one attached hydrogen (secondary N) is 1. The van der Waals surface area contributed by atoms with Crippen molar-refractivity contribution in [2.75, 3.05) is 48.4 Å². The molecule has 0 aliphatic carbocycles. The molecule has 1 amide bonds. The van der Waals surface area contributed by atoms with Gasteiger partial charge in [-0.25, -0.2) is 22.0 Å². The zero-order valence-corrected chi connectivity index (χ0v) is 20.2. The largest absolute Gasteiger partial charge is 0.495 e. The molecule has 3 aromatic rings. The molecule has 0 radical (unpaired) electrons. The van der Waals surface area contributed by atoms with Crippen molar-refractivity contribution in [1.82, 2.24) is 0 Å². The lowest BCUT2D eigenvalue weighted by atomic mass is 10.1. The van der Waals surface area contributed by atoms with Crippen LogP contribution >= 0.6 is 23.2 Å². The average Bonchev–Trinajstić information content (AvgIpc) is 2.87. The van der Waals surface area contributed by atoms with Gasteiger partial charge in [0.25, 0.3) is 5.91 Å². The van der Waals surface area contributed by atoms with Crippen molar-refractivity contribution in [1.29, 1.82) is 0 Å². The van der Waals surface area contributed by atoms with E-state index in [-0.39, 0.29) is 31.2 Å². The van der Waals surface area contributed by atoms with Gasteiger partial charge in [-0.1, -0.05) is 23.2 Å². The highest BCUT2D eigenvalue weighted by molar-refractivity contribution is 6.34. The van der Waals surface area contributed by atoms with Gasteiger partial charge in [0, 0.05) is 37.4 Å². The average molecular weight is 546 g/mol. The molecule has 1 saturated heterocycles. The van der Waals surface area contributed by atoms with E-state index in [4.69, 9.17) is 27.9 Å². The van der Waals surface area contributed by atoms with E-state index in [0.29, 0.717) is 27.7 Å². The molecular weight excluding hydrogens is 528 g/mol. The normalized spacial score (nSPS) is 13.7. The predicted octanol–water partition coefficient (Wildman–Crippen LogP) is 6.28. The molecule has 190 valence electrons. The smallest absolute Gasteiger partial charge is 0.255 e. The summed E-state index contributed by atoms with van der Waals surface area (Å²) in [5.41, 5.74) is 0.360. The molecule has 12 heteroatoms. The molecule has 0 aromatic heterocycles. The highest BCUT2D eigenvalue weighted by Crippen LogP contribution is 2.34. The van der Waals surface area contributed by atoms with Crippen LogP contribution in [0.3, 0.4) is 0 Å². The van der Waals surface area contributed by atoms with E-state index in [0.717, 1.165) is 4.90 Å². The van der Waals surface area contributed by atoms with Crippen molar-refractivity contribution >= 4 is 46.2 Å². The number of methoxy groups -OCH3 is 1. The number of amides is 1. The van der Waals surface area contributed by atoms with Gasteiger partial charge >= 0.3 is 0 Å². The fourth-order valence-electron chi connectivity index (χ4n) is 3.89. The molecule has 0 bridgehead atoms. The number of carbonyl (C=O) groups is 1. The summed E-state index contributed by atoms with van der Waals surface area (Å²) >= 11 is 12.5. The Morgan fingerprint density at radius 2 is 1.39 bits per heavy atom. The summed E-state index contributed by atoms with van der Waals surface area (Å²) in [5, 5.41) is 3.29. The maximum absolute atomic E-state index is 14.2. The number of anilines is 3. The monoisotopic (exact) mass is 545 g/mol. The first-order valence-corrected chi connectivity index (χ1v) is 11.3. The predicted molar refractivity (Wildman–Crippen MR) is 128 cm³/mol. The summed E-state index contributed by atoms with van der Waals surface area (Å²) in [6.45, 7) is 0.390. The van der Waals surface area contributed by atoms with E-state index >= 15 is 0 Å². The zero-order valence-electron chi connectivity index (χ0n) is 18.6. The number of hydrogen-bond acceptors (Lipinski definition) is 4. The van der Waals surface area contributed by atoms with Crippen LogP contribution in [0.25, 0.3) is 0 Å². The summed E-state index contributed by atoms with van der Waals surface area (Å²) in [6.07, 6.45) is 0. The molecular formula is C24H18Cl2F5N3O2. The van der Waals surface area contributed by atoms with Crippen molar-refractivity contribution in [3.05, 3.63) is 81.1 Å². The third-order valence-corrected chi connectivity index (χ3v) is 6.34. The summed E-state index contributed by atoms with van der Waals surface area (Å²) in [4.78, 5) is 15.5. The molecule has 0 spiro atoms. The Hall–Kier alpha value is -3.24. The molecule has 0 atom stereocenters. The van der Waals surface area contributed by atoms with Gasteiger partial charge in [0.1, 0.15) is 11.4 Å². The van der Waals surface area contributed by atoms with Crippen LogP contribution in [-0.2, 0) is 0 Å². The van der Waals surface area contributed by atoms with Crippen molar-refractivity contribution in [3.63, 3.8) is 0 Å². The zero-order chi connectivity index (χ0) is 26.1. The van der Waals surface area contributed by atoms with Crippen molar-refractivity contribution < 1.29 is 31.5 Å². The highest BCUT2D eigenvalue weighted by Gasteiger charge is 2.31. The summed E-state index contributed by atoms with van der Waals surface area (Å²) in [7, 11) is 1.46. The van der Waals surface area contributed by atoms with E-state index in [2.05, 4.69) is 5.32 Å².